The summed E-state index contributed by atoms with van der Waals surface area (Å²) in [5, 5.41) is 6.07. The molecule has 2 rings (SSSR count). The second-order valence-corrected chi connectivity index (χ2v) is 5.90. The van der Waals surface area contributed by atoms with Crippen molar-refractivity contribution in [2.24, 2.45) is 0 Å². The minimum Gasteiger partial charge on any atom is -0.376 e. The molecule has 0 saturated heterocycles. The maximum atomic E-state index is 11.9. The van der Waals surface area contributed by atoms with E-state index in [2.05, 4.69) is 42.7 Å². The summed E-state index contributed by atoms with van der Waals surface area (Å²) in [4.78, 5) is 11.9. The first kappa shape index (κ1) is 16.1. The molecule has 0 radical (unpaired) electrons. The van der Waals surface area contributed by atoms with Crippen LogP contribution in [-0.4, -0.2) is 12.5 Å². The standard InChI is InChI=1S/C19H24N2O/c1-14(2)17-7-9-18(10-8-17)20-13-19(22)21-12-16-6-4-5-15(3)11-16/h4-11,14,20H,12-13H2,1-3H3,(H,21,22). The fraction of sp³-hybridized carbons (Fsp3) is 0.316. The van der Waals surface area contributed by atoms with Crippen LogP contribution in [0.5, 0.6) is 0 Å². The Hall–Kier alpha value is -2.29. The summed E-state index contributed by atoms with van der Waals surface area (Å²) in [5.41, 5.74) is 4.59. The minimum atomic E-state index is -0.00515. The summed E-state index contributed by atoms with van der Waals surface area (Å²) in [6, 6.07) is 16.4. The van der Waals surface area contributed by atoms with Gasteiger partial charge >= 0.3 is 0 Å². The Bertz CT molecular complexity index is 618. The molecule has 116 valence electrons. The number of anilines is 1. The Labute approximate surface area is 132 Å². The molecule has 0 aliphatic heterocycles. The summed E-state index contributed by atoms with van der Waals surface area (Å²) in [6.07, 6.45) is 0. The number of carbonyl (C=O) groups excluding carboxylic acids is 1. The van der Waals surface area contributed by atoms with Gasteiger partial charge in [-0.25, -0.2) is 0 Å². The quantitative estimate of drug-likeness (QED) is 0.850. The van der Waals surface area contributed by atoms with Crippen molar-refractivity contribution in [2.75, 3.05) is 11.9 Å². The number of benzene rings is 2. The fourth-order valence-corrected chi connectivity index (χ4v) is 2.25. The highest BCUT2D eigenvalue weighted by atomic mass is 16.1. The van der Waals surface area contributed by atoms with Gasteiger partial charge in [0.25, 0.3) is 0 Å². The Morgan fingerprint density at radius 1 is 1.09 bits per heavy atom. The van der Waals surface area contributed by atoms with Crippen LogP contribution in [0.25, 0.3) is 0 Å². The number of nitrogens with one attached hydrogen (secondary N) is 2. The van der Waals surface area contributed by atoms with Crippen molar-refractivity contribution < 1.29 is 4.79 Å². The molecule has 0 aromatic heterocycles. The van der Waals surface area contributed by atoms with Crippen LogP contribution in [0.2, 0.25) is 0 Å². The lowest BCUT2D eigenvalue weighted by Gasteiger charge is -2.10. The molecule has 3 nitrogen and oxygen atoms in total. The molecule has 0 aliphatic rings. The lowest BCUT2D eigenvalue weighted by Crippen LogP contribution is -2.29. The number of hydrogen-bond donors (Lipinski definition) is 2. The van der Waals surface area contributed by atoms with Crippen LogP contribution in [-0.2, 0) is 11.3 Å². The van der Waals surface area contributed by atoms with Crippen molar-refractivity contribution in [1.29, 1.82) is 0 Å². The molecule has 2 N–H and O–H groups in total. The van der Waals surface area contributed by atoms with E-state index in [1.54, 1.807) is 0 Å². The van der Waals surface area contributed by atoms with Crippen LogP contribution >= 0.6 is 0 Å². The summed E-state index contributed by atoms with van der Waals surface area (Å²) < 4.78 is 0. The molecular formula is C19H24N2O. The molecule has 2 aromatic carbocycles. The average molecular weight is 296 g/mol. The molecule has 0 saturated carbocycles. The topological polar surface area (TPSA) is 41.1 Å². The lowest BCUT2D eigenvalue weighted by molar-refractivity contribution is -0.119. The van der Waals surface area contributed by atoms with Crippen LogP contribution in [0.1, 0.15) is 36.5 Å². The van der Waals surface area contributed by atoms with Crippen LogP contribution in [0, 0.1) is 6.92 Å². The van der Waals surface area contributed by atoms with Crippen LogP contribution in [0.3, 0.4) is 0 Å². The van der Waals surface area contributed by atoms with Gasteiger partial charge in [0.15, 0.2) is 0 Å². The number of amides is 1. The zero-order valence-electron chi connectivity index (χ0n) is 13.5. The molecule has 0 bridgehead atoms. The third-order valence-electron chi connectivity index (χ3n) is 3.60. The Morgan fingerprint density at radius 3 is 2.45 bits per heavy atom. The van der Waals surface area contributed by atoms with E-state index in [1.807, 2.05) is 37.3 Å². The van der Waals surface area contributed by atoms with Crippen molar-refractivity contribution in [3.63, 3.8) is 0 Å². The van der Waals surface area contributed by atoms with Crippen molar-refractivity contribution in [2.45, 2.75) is 33.2 Å². The molecule has 0 aliphatic carbocycles. The first-order valence-electron chi connectivity index (χ1n) is 7.70. The van der Waals surface area contributed by atoms with Gasteiger partial charge in [0, 0.05) is 12.2 Å². The Morgan fingerprint density at radius 2 is 1.82 bits per heavy atom. The number of rotatable bonds is 6. The summed E-state index contributed by atoms with van der Waals surface area (Å²) in [6.45, 7) is 7.23. The molecule has 0 spiro atoms. The fourth-order valence-electron chi connectivity index (χ4n) is 2.25. The monoisotopic (exact) mass is 296 g/mol. The summed E-state index contributed by atoms with van der Waals surface area (Å²) in [5.74, 6) is 0.515. The number of carbonyl (C=O) groups is 1. The van der Waals surface area contributed by atoms with Gasteiger partial charge in [0.05, 0.1) is 6.54 Å². The van der Waals surface area contributed by atoms with Gasteiger partial charge in [0.2, 0.25) is 5.91 Å². The maximum Gasteiger partial charge on any atom is 0.239 e. The molecular weight excluding hydrogens is 272 g/mol. The summed E-state index contributed by atoms with van der Waals surface area (Å²) in [7, 11) is 0. The Kier molecular flexibility index (Phi) is 5.59. The van der Waals surface area contributed by atoms with E-state index in [0.29, 0.717) is 12.5 Å². The normalized spacial score (nSPS) is 10.5. The van der Waals surface area contributed by atoms with Gasteiger partial charge in [-0.15, -0.1) is 0 Å². The molecule has 0 heterocycles. The van der Waals surface area contributed by atoms with E-state index in [1.165, 1.54) is 11.1 Å². The van der Waals surface area contributed by atoms with Crippen LogP contribution in [0.15, 0.2) is 48.5 Å². The van der Waals surface area contributed by atoms with E-state index in [-0.39, 0.29) is 12.5 Å². The van der Waals surface area contributed by atoms with E-state index in [9.17, 15) is 4.79 Å². The smallest absolute Gasteiger partial charge is 0.239 e. The predicted octanol–water partition coefficient (Wildman–Crippen LogP) is 3.85. The van der Waals surface area contributed by atoms with E-state index in [4.69, 9.17) is 0 Å². The summed E-state index contributed by atoms with van der Waals surface area (Å²) >= 11 is 0. The molecule has 2 aromatic rings. The number of aryl methyl sites for hydroxylation is 1. The third-order valence-corrected chi connectivity index (χ3v) is 3.60. The molecule has 0 atom stereocenters. The molecule has 3 heteroatoms. The van der Waals surface area contributed by atoms with Crippen molar-refractivity contribution in [3.8, 4) is 0 Å². The maximum absolute atomic E-state index is 11.9. The molecule has 22 heavy (non-hydrogen) atoms. The second kappa shape index (κ2) is 7.64. The highest BCUT2D eigenvalue weighted by Gasteiger charge is 2.03. The highest BCUT2D eigenvalue weighted by molar-refractivity contribution is 5.80. The van der Waals surface area contributed by atoms with Gasteiger partial charge < -0.3 is 10.6 Å². The highest BCUT2D eigenvalue weighted by Crippen LogP contribution is 2.16. The van der Waals surface area contributed by atoms with Crippen molar-refractivity contribution in [3.05, 3.63) is 65.2 Å². The first-order valence-corrected chi connectivity index (χ1v) is 7.70. The molecule has 1 amide bonds. The van der Waals surface area contributed by atoms with E-state index in [0.717, 1.165) is 11.3 Å². The molecule has 0 fully saturated rings. The molecule has 0 unspecified atom stereocenters. The van der Waals surface area contributed by atoms with Gasteiger partial charge in [0.1, 0.15) is 0 Å². The van der Waals surface area contributed by atoms with Crippen molar-refractivity contribution in [1.82, 2.24) is 5.32 Å². The zero-order valence-corrected chi connectivity index (χ0v) is 13.5. The predicted molar refractivity (Wildman–Crippen MR) is 92.0 cm³/mol. The Balaban J connectivity index is 1.77. The van der Waals surface area contributed by atoms with Gasteiger partial charge in [-0.2, -0.15) is 0 Å². The van der Waals surface area contributed by atoms with Crippen LogP contribution < -0.4 is 10.6 Å². The van der Waals surface area contributed by atoms with Crippen LogP contribution in [0.4, 0.5) is 5.69 Å². The van der Waals surface area contributed by atoms with Gasteiger partial charge in [-0.3, -0.25) is 4.79 Å². The third kappa shape index (κ3) is 4.92. The zero-order chi connectivity index (χ0) is 15.9. The van der Waals surface area contributed by atoms with Gasteiger partial charge in [-0.1, -0.05) is 55.8 Å². The average Bonchev–Trinajstić information content (AvgIpc) is 2.51. The van der Waals surface area contributed by atoms with Crippen molar-refractivity contribution >= 4 is 11.6 Å². The second-order valence-electron chi connectivity index (χ2n) is 5.90. The van der Waals surface area contributed by atoms with E-state index < -0.39 is 0 Å². The SMILES string of the molecule is Cc1cccc(CNC(=O)CNc2ccc(C(C)C)cc2)c1. The first-order chi connectivity index (χ1) is 10.5. The number of hydrogen-bond acceptors (Lipinski definition) is 2. The van der Waals surface area contributed by atoms with E-state index >= 15 is 0 Å². The lowest BCUT2D eigenvalue weighted by atomic mass is 10.0. The minimum absolute atomic E-state index is 0.00515. The van der Waals surface area contributed by atoms with Gasteiger partial charge in [-0.05, 0) is 36.1 Å². The largest absolute Gasteiger partial charge is 0.376 e.